The maximum Gasteiger partial charge on any atom is 0.278 e. The molecule has 1 N–H and O–H groups in total. The van der Waals surface area contributed by atoms with Crippen LogP contribution in [0.15, 0.2) is 78.5 Å². The SMILES string of the molecule is COc1ccccc1CN1C(=O)C(Nc2ccc(N(C)C)cc2)=C(c2ccc(F)cc2)C1=O. The van der Waals surface area contributed by atoms with E-state index in [0.717, 1.165) is 5.69 Å². The number of amides is 2. The molecular weight excluding hydrogens is 421 g/mol. The van der Waals surface area contributed by atoms with Gasteiger partial charge in [0.2, 0.25) is 0 Å². The first-order valence-electron chi connectivity index (χ1n) is 10.4. The Hall–Kier alpha value is -4.13. The number of anilines is 2. The fourth-order valence-corrected chi connectivity index (χ4v) is 3.71. The van der Waals surface area contributed by atoms with Gasteiger partial charge in [-0.3, -0.25) is 14.5 Å². The van der Waals surface area contributed by atoms with Crippen LogP contribution in [0.5, 0.6) is 5.75 Å². The third-order valence-corrected chi connectivity index (χ3v) is 5.47. The van der Waals surface area contributed by atoms with Crippen molar-refractivity contribution in [2.45, 2.75) is 6.54 Å². The molecule has 0 aromatic heterocycles. The van der Waals surface area contributed by atoms with Crippen molar-refractivity contribution in [3.63, 3.8) is 0 Å². The number of imide groups is 1. The van der Waals surface area contributed by atoms with Gasteiger partial charge in [-0.2, -0.15) is 0 Å². The van der Waals surface area contributed by atoms with Crippen molar-refractivity contribution in [2.75, 3.05) is 31.4 Å². The molecule has 0 aliphatic carbocycles. The molecule has 1 aliphatic rings. The molecule has 0 unspecified atom stereocenters. The van der Waals surface area contributed by atoms with Crippen LogP contribution in [0.4, 0.5) is 15.8 Å². The smallest absolute Gasteiger partial charge is 0.278 e. The van der Waals surface area contributed by atoms with E-state index in [4.69, 9.17) is 4.74 Å². The van der Waals surface area contributed by atoms with Crippen molar-refractivity contribution in [3.8, 4) is 5.75 Å². The van der Waals surface area contributed by atoms with E-state index in [-0.39, 0.29) is 17.8 Å². The van der Waals surface area contributed by atoms with E-state index in [9.17, 15) is 14.0 Å². The maximum absolute atomic E-state index is 13.5. The Morgan fingerprint density at radius 1 is 0.909 bits per heavy atom. The van der Waals surface area contributed by atoms with Gasteiger partial charge < -0.3 is 15.0 Å². The molecule has 33 heavy (non-hydrogen) atoms. The fourth-order valence-electron chi connectivity index (χ4n) is 3.71. The second kappa shape index (κ2) is 9.16. The standard InChI is InChI=1S/C26H24FN3O3/c1-29(2)21-14-12-20(13-15-21)28-24-23(17-8-10-19(27)11-9-17)25(31)30(26(24)32)16-18-6-4-5-7-22(18)33-3/h4-15,28H,16H2,1-3H3. The zero-order valence-electron chi connectivity index (χ0n) is 18.6. The summed E-state index contributed by atoms with van der Waals surface area (Å²) < 4.78 is 18.9. The molecule has 1 aliphatic heterocycles. The molecule has 4 rings (SSSR count). The van der Waals surface area contributed by atoms with Gasteiger partial charge in [-0.05, 0) is 48.0 Å². The van der Waals surface area contributed by atoms with Crippen LogP contribution in [0.3, 0.4) is 0 Å². The van der Waals surface area contributed by atoms with E-state index < -0.39 is 17.6 Å². The van der Waals surface area contributed by atoms with Crippen molar-refractivity contribution in [2.24, 2.45) is 0 Å². The van der Waals surface area contributed by atoms with Crippen LogP contribution in [0.1, 0.15) is 11.1 Å². The summed E-state index contributed by atoms with van der Waals surface area (Å²) in [6, 6.07) is 20.3. The van der Waals surface area contributed by atoms with Gasteiger partial charge in [0.25, 0.3) is 11.8 Å². The van der Waals surface area contributed by atoms with Gasteiger partial charge in [-0.25, -0.2) is 4.39 Å². The third-order valence-electron chi connectivity index (χ3n) is 5.47. The van der Waals surface area contributed by atoms with E-state index in [1.54, 1.807) is 13.2 Å². The highest BCUT2D eigenvalue weighted by molar-refractivity contribution is 6.36. The highest BCUT2D eigenvalue weighted by Gasteiger charge is 2.39. The first-order chi connectivity index (χ1) is 15.9. The number of nitrogens with zero attached hydrogens (tertiary/aromatic N) is 2. The van der Waals surface area contributed by atoms with Crippen molar-refractivity contribution >= 4 is 28.8 Å². The number of halogens is 1. The van der Waals surface area contributed by atoms with Crippen molar-refractivity contribution < 1.29 is 18.7 Å². The van der Waals surface area contributed by atoms with E-state index in [1.165, 1.54) is 29.2 Å². The topological polar surface area (TPSA) is 61.9 Å². The Bertz CT molecular complexity index is 1220. The average molecular weight is 445 g/mol. The number of para-hydroxylation sites is 1. The summed E-state index contributed by atoms with van der Waals surface area (Å²) in [6.45, 7) is 0.0527. The van der Waals surface area contributed by atoms with Gasteiger partial charge >= 0.3 is 0 Å². The van der Waals surface area contributed by atoms with Gasteiger partial charge in [0, 0.05) is 31.0 Å². The van der Waals surface area contributed by atoms with Gasteiger partial charge in [-0.1, -0.05) is 30.3 Å². The van der Waals surface area contributed by atoms with Gasteiger partial charge in [0.1, 0.15) is 17.3 Å². The molecule has 0 bridgehead atoms. The Balaban J connectivity index is 1.72. The largest absolute Gasteiger partial charge is 0.496 e. The van der Waals surface area contributed by atoms with Crippen molar-refractivity contribution in [1.29, 1.82) is 0 Å². The normalized spacial score (nSPS) is 13.5. The maximum atomic E-state index is 13.5. The zero-order valence-corrected chi connectivity index (χ0v) is 18.6. The van der Waals surface area contributed by atoms with E-state index in [1.807, 2.05) is 61.5 Å². The summed E-state index contributed by atoms with van der Waals surface area (Å²) in [5.41, 5.74) is 3.18. The molecule has 0 spiro atoms. The summed E-state index contributed by atoms with van der Waals surface area (Å²) >= 11 is 0. The number of rotatable bonds is 7. The highest BCUT2D eigenvalue weighted by atomic mass is 19.1. The highest BCUT2D eigenvalue weighted by Crippen LogP contribution is 2.33. The molecule has 7 heteroatoms. The van der Waals surface area contributed by atoms with Crippen LogP contribution < -0.4 is 15.0 Å². The van der Waals surface area contributed by atoms with Crippen LogP contribution in [0.25, 0.3) is 5.57 Å². The number of benzene rings is 3. The summed E-state index contributed by atoms with van der Waals surface area (Å²) in [7, 11) is 5.41. The summed E-state index contributed by atoms with van der Waals surface area (Å²) in [5, 5.41) is 3.12. The molecule has 0 radical (unpaired) electrons. The molecule has 6 nitrogen and oxygen atoms in total. The van der Waals surface area contributed by atoms with E-state index >= 15 is 0 Å². The van der Waals surface area contributed by atoms with Gasteiger partial charge in [0.05, 0.1) is 19.2 Å². The zero-order chi connectivity index (χ0) is 23.5. The average Bonchev–Trinajstić information content (AvgIpc) is 3.04. The molecule has 3 aromatic carbocycles. The van der Waals surface area contributed by atoms with Crippen LogP contribution in [-0.4, -0.2) is 37.9 Å². The first kappa shape index (κ1) is 22.1. The third kappa shape index (κ3) is 4.43. The first-order valence-corrected chi connectivity index (χ1v) is 10.4. The molecule has 0 atom stereocenters. The lowest BCUT2D eigenvalue weighted by atomic mass is 10.0. The molecule has 2 amide bonds. The Labute approximate surface area is 191 Å². The summed E-state index contributed by atoms with van der Waals surface area (Å²) in [5.74, 6) is -0.746. The molecule has 1 heterocycles. The predicted octanol–water partition coefficient (Wildman–Crippen LogP) is 4.29. The molecule has 0 saturated heterocycles. The van der Waals surface area contributed by atoms with E-state index in [2.05, 4.69) is 5.32 Å². The molecule has 168 valence electrons. The number of ether oxygens (including phenoxy) is 1. The monoisotopic (exact) mass is 445 g/mol. The lowest BCUT2D eigenvalue weighted by Gasteiger charge is -2.17. The minimum absolute atomic E-state index is 0.0527. The molecule has 3 aromatic rings. The summed E-state index contributed by atoms with van der Waals surface area (Å²) in [4.78, 5) is 30.0. The molecule has 0 fully saturated rings. The number of methoxy groups -OCH3 is 1. The van der Waals surface area contributed by atoms with Crippen LogP contribution in [-0.2, 0) is 16.1 Å². The minimum atomic E-state index is -0.457. The van der Waals surface area contributed by atoms with Gasteiger partial charge in [-0.15, -0.1) is 0 Å². The van der Waals surface area contributed by atoms with Crippen LogP contribution in [0, 0.1) is 5.82 Å². The Morgan fingerprint density at radius 3 is 2.21 bits per heavy atom. The number of carbonyl (C=O) groups excluding carboxylic acids is 2. The van der Waals surface area contributed by atoms with Crippen LogP contribution in [0.2, 0.25) is 0 Å². The molecular formula is C26H24FN3O3. The van der Waals surface area contributed by atoms with Crippen LogP contribution >= 0.6 is 0 Å². The summed E-state index contributed by atoms with van der Waals surface area (Å²) in [6.07, 6.45) is 0. The van der Waals surface area contributed by atoms with E-state index in [0.29, 0.717) is 22.6 Å². The number of hydrogen-bond donors (Lipinski definition) is 1. The fraction of sp³-hybridized carbons (Fsp3) is 0.154. The second-order valence-electron chi connectivity index (χ2n) is 7.83. The minimum Gasteiger partial charge on any atom is -0.496 e. The number of hydrogen-bond acceptors (Lipinski definition) is 5. The second-order valence-corrected chi connectivity index (χ2v) is 7.83. The van der Waals surface area contributed by atoms with Crippen molar-refractivity contribution in [1.82, 2.24) is 4.90 Å². The Kier molecular flexibility index (Phi) is 6.13. The lowest BCUT2D eigenvalue weighted by molar-refractivity contribution is -0.137. The van der Waals surface area contributed by atoms with Gasteiger partial charge in [0.15, 0.2) is 0 Å². The lowest BCUT2D eigenvalue weighted by Crippen LogP contribution is -2.32. The quantitative estimate of drug-likeness (QED) is 0.550. The molecule has 0 saturated carbocycles. The van der Waals surface area contributed by atoms with Crippen molar-refractivity contribution in [3.05, 3.63) is 95.4 Å². The predicted molar refractivity (Wildman–Crippen MR) is 126 cm³/mol. The number of carbonyl (C=O) groups is 2. The number of nitrogens with one attached hydrogen (secondary N) is 1. The Morgan fingerprint density at radius 2 is 1.58 bits per heavy atom.